The Labute approximate surface area is 216 Å². The molecule has 11 heteroatoms. The van der Waals surface area contributed by atoms with Gasteiger partial charge in [0.1, 0.15) is 11.5 Å². The van der Waals surface area contributed by atoms with Crippen molar-refractivity contribution in [3.8, 4) is 5.69 Å². The number of benzene rings is 1. The number of carbonyl (C=O) groups is 1. The number of hydrogen-bond donors (Lipinski definition) is 0. The number of nitrogens with zero attached hydrogens (tertiary/aromatic N) is 7. The van der Waals surface area contributed by atoms with Crippen molar-refractivity contribution in [2.24, 2.45) is 5.41 Å². The molecule has 1 aliphatic heterocycles. The highest BCUT2D eigenvalue weighted by atomic mass is 32.2. The zero-order chi connectivity index (χ0) is 24.7. The molecule has 4 heterocycles. The number of aryl methyl sites for hydroxylation is 1. The molecule has 4 aromatic rings. The minimum absolute atomic E-state index is 0.0371. The molecule has 1 unspecified atom stereocenters. The van der Waals surface area contributed by atoms with Crippen molar-refractivity contribution >= 4 is 35.1 Å². The molecule has 2 aliphatic rings. The Hall–Kier alpha value is -3.15. The van der Waals surface area contributed by atoms with Crippen LogP contribution >= 0.6 is 23.3 Å². The van der Waals surface area contributed by atoms with Gasteiger partial charge >= 0.3 is 0 Å². The van der Waals surface area contributed by atoms with E-state index in [-0.39, 0.29) is 11.6 Å². The van der Waals surface area contributed by atoms with E-state index in [1.165, 1.54) is 23.5 Å². The Kier molecular flexibility index (Phi) is 6.06. The monoisotopic (exact) mass is 521 g/mol. The number of Topliss-reactive ketones (excluding diaryl/α,β-unsaturated/α-hetero) is 1. The molecule has 1 fully saturated rings. The Balaban J connectivity index is 1.35. The van der Waals surface area contributed by atoms with Crippen LogP contribution < -0.4 is 0 Å². The predicted octanol–water partition coefficient (Wildman–Crippen LogP) is 4.69. The third-order valence-electron chi connectivity index (χ3n) is 6.71. The second kappa shape index (κ2) is 9.38. The zero-order valence-corrected chi connectivity index (χ0v) is 21.3. The quantitative estimate of drug-likeness (QED) is 0.258. The van der Waals surface area contributed by atoms with Crippen LogP contribution in [0.2, 0.25) is 0 Å². The van der Waals surface area contributed by atoms with E-state index in [9.17, 15) is 9.18 Å². The predicted molar refractivity (Wildman–Crippen MR) is 136 cm³/mol. The molecule has 36 heavy (non-hydrogen) atoms. The smallest absolute Gasteiger partial charge is 0.193 e. The van der Waals surface area contributed by atoms with E-state index < -0.39 is 5.41 Å². The van der Waals surface area contributed by atoms with Crippen LogP contribution in [0.15, 0.2) is 58.1 Å². The number of carbonyl (C=O) groups excluding carboxylic acids is 1. The van der Waals surface area contributed by atoms with E-state index in [1.807, 2.05) is 16.3 Å². The number of halogens is 1. The standard InChI is InChI=1S/C25H24FN7OS2/c1-2-8-32-28-13-23(30-32)36-31-9-7-18-10-22-17(12-29-33(22)20-5-3-19(26)4-6-20)11-25(18,15-31)24(34)21-14-35-16-27-21/h3-6,10,12-14,16H,2,7-9,11,15H2,1H3. The number of hydrogen-bond acceptors (Lipinski definition) is 8. The first-order chi connectivity index (χ1) is 17.6. The minimum Gasteiger partial charge on any atom is -0.291 e. The van der Waals surface area contributed by atoms with Crippen molar-refractivity contribution in [2.75, 3.05) is 13.1 Å². The van der Waals surface area contributed by atoms with Crippen LogP contribution in [-0.4, -0.2) is 52.9 Å². The van der Waals surface area contributed by atoms with E-state index >= 15 is 0 Å². The molecular formula is C25H24FN7OS2. The molecule has 3 aromatic heterocycles. The minimum atomic E-state index is -0.734. The first-order valence-electron chi connectivity index (χ1n) is 11.9. The topological polar surface area (TPSA) is 81.7 Å². The van der Waals surface area contributed by atoms with Gasteiger partial charge in [0, 0.05) is 18.5 Å². The van der Waals surface area contributed by atoms with Crippen molar-refractivity contribution in [1.82, 2.24) is 34.1 Å². The summed E-state index contributed by atoms with van der Waals surface area (Å²) in [6.07, 6.45) is 7.96. The second-order valence-electron chi connectivity index (χ2n) is 9.06. The first kappa shape index (κ1) is 23.3. The third-order valence-corrected chi connectivity index (χ3v) is 8.24. The van der Waals surface area contributed by atoms with Crippen molar-refractivity contribution in [1.29, 1.82) is 0 Å². The van der Waals surface area contributed by atoms with Gasteiger partial charge in [-0.05, 0) is 67.1 Å². The van der Waals surface area contributed by atoms with Crippen molar-refractivity contribution in [3.05, 3.63) is 75.9 Å². The van der Waals surface area contributed by atoms with Gasteiger partial charge in [-0.25, -0.2) is 18.4 Å². The molecule has 0 bridgehead atoms. The average Bonchev–Trinajstić information content (AvgIpc) is 3.65. The summed E-state index contributed by atoms with van der Waals surface area (Å²) in [6, 6.07) is 6.30. The Morgan fingerprint density at radius 2 is 2.08 bits per heavy atom. The van der Waals surface area contributed by atoms with E-state index in [1.54, 1.807) is 40.6 Å². The molecule has 1 aromatic carbocycles. The maximum absolute atomic E-state index is 14.0. The summed E-state index contributed by atoms with van der Waals surface area (Å²) in [5.41, 5.74) is 5.28. The number of fused-ring (bicyclic) bond motifs is 2. The Morgan fingerprint density at radius 3 is 2.86 bits per heavy atom. The fourth-order valence-corrected chi connectivity index (χ4v) is 6.50. The highest BCUT2D eigenvalue weighted by Gasteiger charge is 2.49. The average molecular weight is 522 g/mol. The van der Waals surface area contributed by atoms with Crippen molar-refractivity contribution in [2.45, 2.75) is 37.8 Å². The van der Waals surface area contributed by atoms with Gasteiger partial charge in [-0.1, -0.05) is 12.5 Å². The van der Waals surface area contributed by atoms with Gasteiger partial charge in [-0.15, -0.1) is 16.4 Å². The summed E-state index contributed by atoms with van der Waals surface area (Å²) < 4.78 is 17.5. The van der Waals surface area contributed by atoms with Gasteiger partial charge in [-0.2, -0.15) is 15.0 Å². The lowest BCUT2D eigenvalue weighted by molar-refractivity contribution is 0.0776. The van der Waals surface area contributed by atoms with Gasteiger partial charge < -0.3 is 0 Å². The van der Waals surface area contributed by atoms with Crippen LogP contribution in [0.1, 0.15) is 41.5 Å². The summed E-state index contributed by atoms with van der Waals surface area (Å²) in [5.74, 6) is -0.249. The molecule has 1 atom stereocenters. The van der Waals surface area contributed by atoms with E-state index in [0.29, 0.717) is 18.7 Å². The van der Waals surface area contributed by atoms with E-state index in [2.05, 4.69) is 37.6 Å². The lowest BCUT2D eigenvalue weighted by Gasteiger charge is -2.44. The fraction of sp³-hybridized carbons (Fsp3) is 0.320. The van der Waals surface area contributed by atoms with Crippen LogP contribution in [-0.2, 0) is 13.0 Å². The highest BCUT2D eigenvalue weighted by molar-refractivity contribution is 7.97. The van der Waals surface area contributed by atoms with E-state index in [4.69, 9.17) is 0 Å². The molecule has 0 N–H and O–H groups in total. The van der Waals surface area contributed by atoms with Crippen LogP contribution in [0.5, 0.6) is 0 Å². The van der Waals surface area contributed by atoms with Crippen LogP contribution in [0.4, 0.5) is 4.39 Å². The molecule has 0 saturated carbocycles. The zero-order valence-electron chi connectivity index (χ0n) is 19.7. The Bertz CT molecular complexity index is 1430. The molecule has 0 spiro atoms. The summed E-state index contributed by atoms with van der Waals surface area (Å²) in [7, 11) is 0. The summed E-state index contributed by atoms with van der Waals surface area (Å²) in [6.45, 7) is 4.20. The second-order valence-corrected chi connectivity index (χ2v) is 10.9. The third kappa shape index (κ3) is 4.10. The van der Waals surface area contributed by atoms with E-state index in [0.717, 1.165) is 53.5 Å². The van der Waals surface area contributed by atoms with Crippen molar-refractivity contribution < 1.29 is 9.18 Å². The van der Waals surface area contributed by atoms with Gasteiger partial charge in [0.05, 0.1) is 41.2 Å². The number of thiazole rings is 1. The molecule has 1 aliphatic carbocycles. The fourth-order valence-electron chi connectivity index (χ4n) is 5.01. The lowest BCUT2D eigenvalue weighted by atomic mass is 9.65. The molecule has 1 saturated heterocycles. The SMILES string of the molecule is CCCn1ncc(SN2CCC3=Cc4c(cnn4-c4ccc(F)cc4)CC3(C(=O)c3cscn3)C2)n1. The summed E-state index contributed by atoms with van der Waals surface area (Å²) >= 11 is 2.98. The molecule has 8 nitrogen and oxygen atoms in total. The van der Waals surface area contributed by atoms with Crippen molar-refractivity contribution in [3.63, 3.8) is 0 Å². The van der Waals surface area contributed by atoms with Gasteiger partial charge in [-0.3, -0.25) is 4.79 Å². The first-order valence-corrected chi connectivity index (χ1v) is 13.6. The number of aromatic nitrogens is 6. The number of ketones is 1. The molecule has 184 valence electrons. The van der Waals surface area contributed by atoms with Crippen LogP contribution in [0, 0.1) is 11.2 Å². The molecule has 6 rings (SSSR count). The molecule has 0 amide bonds. The lowest BCUT2D eigenvalue weighted by Crippen LogP contribution is -2.49. The number of rotatable bonds is 7. The maximum atomic E-state index is 14.0. The highest BCUT2D eigenvalue weighted by Crippen LogP contribution is 2.47. The number of piperidine rings is 1. The summed E-state index contributed by atoms with van der Waals surface area (Å²) in [5, 5.41) is 16.2. The van der Waals surface area contributed by atoms with Crippen LogP contribution in [0.3, 0.4) is 0 Å². The van der Waals surface area contributed by atoms with Gasteiger partial charge in [0.25, 0.3) is 0 Å². The molecular weight excluding hydrogens is 497 g/mol. The van der Waals surface area contributed by atoms with Crippen LogP contribution in [0.25, 0.3) is 11.8 Å². The summed E-state index contributed by atoms with van der Waals surface area (Å²) in [4.78, 5) is 20.1. The Morgan fingerprint density at radius 1 is 1.22 bits per heavy atom. The maximum Gasteiger partial charge on any atom is 0.193 e. The normalized spacial score (nSPS) is 19.6. The van der Waals surface area contributed by atoms with Gasteiger partial charge in [0.15, 0.2) is 10.8 Å². The van der Waals surface area contributed by atoms with Gasteiger partial charge in [0.2, 0.25) is 0 Å². The largest absolute Gasteiger partial charge is 0.291 e. The molecule has 0 radical (unpaired) electrons.